The van der Waals surface area contributed by atoms with E-state index in [1.165, 1.54) is 6.08 Å². The molecule has 61 heavy (non-hydrogen) atoms. The molecule has 0 fully saturated rings. The summed E-state index contributed by atoms with van der Waals surface area (Å²) in [6, 6.07) is 29.6. The Kier molecular flexibility index (Phi) is 17.0. The zero-order valence-electron chi connectivity index (χ0n) is 34.6. The average molecular weight is 832 g/mol. The van der Waals surface area contributed by atoms with Gasteiger partial charge in [-0.3, -0.25) is 30.8 Å². The van der Waals surface area contributed by atoms with Crippen LogP contribution in [-0.2, 0) is 30.5 Å². The molecule has 5 rings (SSSR count). The molecule has 3 atom stereocenters. The van der Waals surface area contributed by atoms with Crippen LogP contribution in [0.3, 0.4) is 0 Å². The number of quaternary nitrogens is 1. The van der Waals surface area contributed by atoms with Crippen molar-refractivity contribution in [2.45, 2.75) is 63.3 Å². The van der Waals surface area contributed by atoms with Crippen LogP contribution in [0.15, 0.2) is 116 Å². The molecule has 0 aromatic heterocycles. The summed E-state index contributed by atoms with van der Waals surface area (Å²) < 4.78 is 17.7. The van der Waals surface area contributed by atoms with E-state index in [-0.39, 0.29) is 31.8 Å². The van der Waals surface area contributed by atoms with Crippen LogP contribution in [-0.4, -0.2) is 74.6 Å². The maximum Gasteiger partial charge on any atom is 0.338 e. The van der Waals surface area contributed by atoms with Crippen molar-refractivity contribution in [2.75, 3.05) is 26.8 Å². The first kappa shape index (κ1) is 45.2. The van der Waals surface area contributed by atoms with E-state index in [9.17, 15) is 19.2 Å². The fraction of sp³-hybridized carbons (Fsp3) is 0.298. The van der Waals surface area contributed by atoms with Gasteiger partial charge in [0.2, 0.25) is 11.8 Å². The molecule has 5 aromatic carbocycles. The van der Waals surface area contributed by atoms with E-state index in [2.05, 4.69) is 33.3 Å². The number of hydrogen-bond donors (Lipinski definition) is 7. The van der Waals surface area contributed by atoms with Crippen molar-refractivity contribution in [1.29, 1.82) is 0 Å². The van der Waals surface area contributed by atoms with Crippen LogP contribution in [0.5, 0.6) is 11.5 Å². The number of nitrogens with one attached hydrogen (secondary N) is 4. The molecule has 14 heteroatoms. The highest BCUT2D eigenvalue weighted by molar-refractivity contribution is 6.10. The first-order chi connectivity index (χ1) is 29.6. The summed E-state index contributed by atoms with van der Waals surface area (Å²) in [7, 11) is 1.62. The number of nitrogens with two attached hydrogens (primary N) is 2. The summed E-state index contributed by atoms with van der Waals surface area (Å²) in [6.45, 7) is 4.30. The van der Waals surface area contributed by atoms with E-state index in [0.717, 1.165) is 38.2 Å². The van der Waals surface area contributed by atoms with Gasteiger partial charge < -0.3 is 35.9 Å². The van der Waals surface area contributed by atoms with Gasteiger partial charge in [0.05, 0.1) is 20.2 Å². The second-order valence-corrected chi connectivity index (χ2v) is 14.5. The average Bonchev–Trinajstić information content (AvgIpc) is 3.27. The predicted molar refractivity (Wildman–Crippen MR) is 236 cm³/mol. The normalized spacial score (nSPS) is 12.4. The Morgan fingerprint density at radius 3 is 1.92 bits per heavy atom. The van der Waals surface area contributed by atoms with Gasteiger partial charge in [0, 0.05) is 11.1 Å². The highest BCUT2D eigenvalue weighted by Crippen LogP contribution is 2.45. The van der Waals surface area contributed by atoms with Crippen molar-refractivity contribution >= 4 is 51.2 Å². The van der Waals surface area contributed by atoms with Crippen LogP contribution >= 0.6 is 0 Å². The number of carbonyl (C=O) groups is 4. The maximum atomic E-state index is 14.0. The minimum absolute atomic E-state index is 0.0136. The topological polar surface area (TPSA) is 226 Å². The van der Waals surface area contributed by atoms with E-state index in [4.69, 9.17) is 25.7 Å². The Morgan fingerprint density at radius 1 is 0.721 bits per heavy atom. The number of amides is 3. The van der Waals surface area contributed by atoms with Crippen molar-refractivity contribution in [1.82, 2.24) is 16.0 Å². The van der Waals surface area contributed by atoms with Crippen molar-refractivity contribution in [3.8, 4) is 22.6 Å². The fourth-order valence-electron chi connectivity index (χ4n) is 7.04. The zero-order valence-corrected chi connectivity index (χ0v) is 34.6. The van der Waals surface area contributed by atoms with Gasteiger partial charge in [0.15, 0.2) is 6.61 Å². The largest absolute Gasteiger partial charge is 0.496 e. The molecule has 0 bridgehead atoms. The standard InChI is InChI=1S/C47H55N7O7/c1-3-14-38(46(58)61-29-31-15-5-4-6-16-31)54-45(57)37(22-13-28-51-47(49)50)53-44(56)36(21-11-12-27-48)52-41(55)30-60-40-26-24-33-18-8-10-20-35(33)43(40)42-34-19-9-7-17-32(34)23-25-39(42)59-2/h3-10,15-20,23-26,36-38H,1,11-14,21-22,27-30,48H2,2H3,(H,52,55)(H,53,56)(H,54,57)(H4,49,50,51)/p+2/t36-,37-,38+/m1/s1. The molecule has 0 saturated heterocycles. The number of rotatable bonds is 23. The molecular weight excluding hydrogens is 775 g/mol. The summed E-state index contributed by atoms with van der Waals surface area (Å²) >= 11 is 0. The van der Waals surface area contributed by atoms with Gasteiger partial charge >= 0.3 is 11.9 Å². The SMILES string of the molecule is C=CC[C@H](NC(=O)[C@@H](CCC[NH+]=C(N)N)NC(=O)[C@@H](CCCC[NH3+])NC(=O)COc1ccc2ccccc2c1-c1c(OC)ccc2ccccc12)C(=O)OCc1ccccc1. The van der Waals surface area contributed by atoms with Gasteiger partial charge in [-0.05, 0) is 77.8 Å². The van der Waals surface area contributed by atoms with Gasteiger partial charge in [-0.2, -0.15) is 0 Å². The number of guanidine groups is 1. The van der Waals surface area contributed by atoms with Crippen molar-refractivity contribution in [3.63, 3.8) is 0 Å². The summed E-state index contributed by atoms with van der Waals surface area (Å²) in [6.07, 6.45) is 3.70. The number of methoxy groups -OCH3 is 1. The third-order valence-corrected chi connectivity index (χ3v) is 10.1. The summed E-state index contributed by atoms with van der Waals surface area (Å²) in [4.78, 5) is 57.6. The first-order valence-electron chi connectivity index (χ1n) is 20.5. The van der Waals surface area contributed by atoms with E-state index < -0.39 is 48.4 Å². The van der Waals surface area contributed by atoms with Gasteiger partial charge in [0.25, 0.3) is 5.91 Å². The second kappa shape index (κ2) is 23.0. The van der Waals surface area contributed by atoms with E-state index >= 15 is 0 Å². The van der Waals surface area contributed by atoms with Gasteiger partial charge in [0.1, 0.15) is 36.2 Å². The number of esters is 1. The minimum Gasteiger partial charge on any atom is -0.496 e. The Bertz CT molecular complexity index is 2310. The molecule has 14 nitrogen and oxygen atoms in total. The number of fused-ring (bicyclic) bond motifs is 2. The lowest BCUT2D eigenvalue weighted by molar-refractivity contribution is -0.459. The molecule has 0 spiro atoms. The van der Waals surface area contributed by atoms with Crippen molar-refractivity contribution in [2.24, 2.45) is 11.5 Å². The lowest BCUT2D eigenvalue weighted by atomic mass is 9.92. The highest BCUT2D eigenvalue weighted by atomic mass is 16.5. The lowest BCUT2D eigenvalue weighted by Crippen LogP contribution is -2.78. The molecule has 0 aliphatic rings. The van der Waals surface area contributed by atoms with Crippen LogP contribution in [0.1, 0.15) is 44.1 Å². The molecule has 0 aliphatic heterocycles. The molecule has 3 amide bonds. The van der Waals surface area contributed by atoms with Crippen LogP contribution in [0.25, 0.3) is 32.7 Å². The Hall–Kier alpha value is -6.93. The summed E-state index contributed by atoms with van der Waals surface area (Å²) in [5.74, 6) is -1.26. The van der Waals surface area contributed by atoms with Gasteiger partial charge in [-0.25, -0.2) is 4.79 Å². The third-order valence-electron chi connectivity index (χ3n) is 10.1. The number of ether oxygens (including phenoxy) is 3. The molecule has 0 aliphatic carbocycles. The van der Waals surface area contributed by atoms with Crippen LogP contribution in [0.4, 0.5) is 0 Å². The van der Waals surface area contributed by atoms with Crippen molar-refractivity contribution in [3.05, 3.63) is 121 Å². The Labute approximate surface area is 355 Å². The zero-order chi connectivity index (χ0) is 43.6. The van der Waals surface area contributed by atoms with Gasteiger partial charge in [-0.1, -0.05) is 97.1 Å². The smallest absolute Gasteiger partial charge is 0.338 e. The quantitative estimate of drug-likeness (QED) is 0.0169. The highest BCUT2D eigenvalue weighted by Gasteiger charge is 2.30. The van der Waals surface area contributed by atoms with E-state index in [1.807, 2.05) is 103 Å². The van der Waals surface area contributed by atoms with Crippen LogP contribution in [0.2, 0.25) is 0 Å². The molecule has 0 unspecified atom stereocenters. The maximum absolute atomic E-state index is 14.0. The fourth-order valence-corrected chi connectivity index (χ4v) is 7.04. The summed E-state index contributed by atoms with van der Waals surface area (Å²) in [5.41, 5.74) is 17.4. The molecular formula is C47H57N7O7+2. The predicted octanol–water partition coefficient (Wildman–Crippen LogP) is 2.37. The second-order valence-electron chi connectivity index (χ2n) is 14.5. The molecule has 320 valence electrons. The molecule has 0 radical (unpaired) electrons. The number of hydrogen-bond acceptors (Lipinski definition) is 7. The number of carbonyl (C=O) groups excluding carboxylic acids is 4. The lowest BCUT2D eigenvalue weighted by Gasteiger charge is -2.25. The van der Waals surface area contributed by atoms with E-state index in [0.29, 0.717) is 43.9 Å². The summed E-state index contributed by atoms with van der Waals surface area (Å²) in [5, 5.41) is 12.2. The first-order valence-corrected chi connectivity index (χ1v) is 20.5. The molecule has 0 heterocycles. The molecule has 0 saturated carbocycles. The molecule has 5 aromatic rings. The number of benzene rings is 5. The minimum atomic E-state index is -1.10. The number of unbranched alkanes of at least 4 members (excludes halogenated alkanes) is 1. The Balaban J connectivity index is 1.34. The van der Waals surface area contributed by atoms with Gasteiger partial charge in [-0.15, -0.1) is 6.58 Å². The third kappa shape index (κ3) is 12.8. The van der Waals surface area contributed by atoms with Crippen molar-refractivity contribution < 1.29 is 44.1 Å². The van der Waals surface area contributed by atoms with Crippen LogP contribution in [0, 0.1) is 0 Å². The molecule has 11 N–H and O–H groups in total. The van der Waals surface area contributed by atoms with E-state index in [1.54, 1.807) is 7.11 Å². The van der Waals surface area contributed by atoms with Crippen LogP contribution < -0.4 is 47.6 Å². The monoisotopic (exact) mass is 831 g/mol. The Morgan fingerprint density at radius 2 is 1.30 bits per heavy atom.